The monoisotopic (exact) mass is 378 g/mol. The average Bonchev–Trinajstić information content (AvgIpc) is 2.73. The van der Waals surface area contributed by atoms with Crippen molar-refractivity contribution in [1.29, 1.82) is 0 Å². The molecule has 0 unspecified atom stereocenters. The number of carbonyl (C=O) groups excluding carboxylic acids is 1. The molecule has 28 heavy (non-hydrogen) atoms. The van der Waals surface area contributed by atoms with Gasteiger partial charge in [-0.1, -0.05) is 19.1 Å². The maximum atomic E-state index is 13.2. The Hall–Kier alpha value is -3.21. The third kappa shape index (κ3) is 4.55. The Morgan fingerprint density at radius 3 is 2.39 bits per heavy atom. The average molecular weight is 378 g/mol. The van der Waals surface area contributed by atoms with Gasteiger partial charge in [-0.3, -0.25) is 4.79 Å². The van der Waals surface area contributed by atoms with Crippen molar-refractivity contribution in [2.75, 3.05) is 18.5 Å². The van der Waals surface area contributed by atoms with Gasteiger partial charge in [-0.25, -0.2) is 9.37 Å². The van der Waals surface area contributed by atoms with Gasteiger partial charge in [0.25, 0.3) is 0 Å². The molecular formula is C23H23FN2O2. The summed E-state index contributed by atoms with van der Waals surface area (Å²) in [6.07, 6.45) is 2.65. The van der Waals surface area contributed by atoms with Crippen molar-refractivity contribution >= 4 is 11.6 Å². The second-order valence-electron chi connectivity index (χ2n) is 6.34. The van der Waals surface area contributed by atoms with Crippen molar-refractivity contribution in [2.24, 2.45) is 0 Å². The van der Waals surface area contributed by atoms with Crippen molar-refractivity contribution in [1.82, 2.24) is 4.98 Å². The summed E-state index contributed by atoms with van der Waals surface area (Å²) < 4.78 is 18.7. The van der Waals surface area contributed by atoms with Gasteiger partial charge < -0.3 is 10.1 Å². The van der Waals surface area contributed by atoms with Crippen LogP contribution in [0.1, 0.15) is 36.2 Å². The smallest absolute Gasteiger partial charge is 0.196 e. The van der Waals surface area contributed by atoms with Crippen molar-refractivity contribution < 1.29 is 13.9 Å². The molecule has 1 N–H and O–H groups in total. The SMILES string of the molecule is CCCNc1ncc(-c2ccc(OCC)cc2)cc1C(=O)c1ccc(F)cc1. The quantitative estimate of drug-likeness (QED) is 0.538. The molecular weight excluding hydrogens is 355 g/mol. The lowest BCUT2D eigenvalue weighted by Crippen LogP contribution is -2.11. The first kappa shape index (κ1) is 19.5. The molecule has 2 aromatic carbocycles. The minimum atomic E-state index is -0.373. The van der Waals surface area contributed by atoms with Gasteiger partial charge in [0, 0.05) is 23.9 Å². The van der Waals surface area contributed by atoms with E-state index in [2.05, 4.69) is 10.3 Å². The highest BCUT2D eigenvalue weighted by Gasteiger charge is 2.16. The highest BCUT2D eigenvalue weighted by molar-refractivity contribution is 6.12. The number of ether oxygens (including phenoxy) is 1. The highest BCUT2D eigenvalue weighted by atomic mass is 19.1. The number of carbonyl (C=O) groups is 1. The second kappa shape index (κ2) is 9.13. The van der Waals surface area contributed by atoms with Gasteiger partial charge in [-0.2, -0.15) is 0 Å². The molecule has 3 aromatic rings. The molecule has 3 rings (SSSR count). The number of ketones is 1. The van der Waals surface area contributed by atoms with Crippen molar-refractivity contribution in [2.45, 2.75) is 20.3 Å². The molecule has 0 fully saturated rings. The summed E-state index contributed by atoms with van der Waals surface area (Å²) >= 11 is 0. The molecule has 4 nitrogen and oxygen atoms in total. The Morgan fingerprint density at radius 2 is 1.75 bits per heavy atom. The fourth-order valence-electron chi connectivity index (χ4n) is 2.85. The van der Waals surface area contributed by atoms with Crippen LogP contribution in [0.5, 0.6) is 5.75 Å². The molecule has 144 valence electrons. The summed E-state index contributed by atoms with van der Waals surface area (Å²) in [5, 5.41) is 3.20. The fraction of sp³-hybridized carbons (Fsp3) is 0.217. The van der Waals surface area contributed by atoms with Crippen LogP contribution in [0.4, 0.5) is 10.2 Å². The first-order valence-corrected chi connectivity index (χ1v) is 9.39. The third-order valence-electron chi connectivity index (χ3n) is 4.28. The number of aromatic nitrogens is 1. The maximum absolute atomic E-state index is 13.2. The van der Waals surface area contributed by atoms with Crippen molar-refractivity contribution in [3.8, 4) is 16.9 Å². The largest absolute Gasteiger partial charge is 0.494 e. The number of hydrogen-bond donors (Lipinski definition) is 1. The van der Waals surface area contributed by atoms with Gasteiger partial charge in [0.1, 0.15) is 17.4 Å². The third-order valence-corrected chi connectivity index (χ3v) is 4.28. The van der Waals surface area contributed by atoms with Crippen LogP contribution < -0.4 is 10.1 Å². The number of halogens is 1. The van der Waals surface area contributed by atoms with Gasteiger partial charge >= 0.3 is 0 Å². The fourth-order valence-corrected chi connectivity index (χ4v) is 2.85. The molecule has 1 heterocycles. The molecule has 0 atom stereocenters. The first-order chi connectivity index (χ1) is 13.6. The van der Waals surface area contributed by atoms with E-state index in [0.717, 1.165) is 23.3 Å². The normalized spacial score (nSPS) is 10.5. The molecule has 0 aliphatic carbocycles. The van der Waals surface area contributed by atoms with E-state index in [1.165, 1.54) is 24.3 Å². The lowest BCUT2D eigenvalue weighted by atomic mass is 9.99. The highest BCUT2D eigenvalue weighted by Crippen LogP contribution is 2.27. The van der Waals surface area contributed by atoms with Crippen LogP contribution in [0, 0.1) is 5.82 Å². The number of rotatable bonds is 8. The Kier molecular flexibility index (Phi) is 6.37. The van der Waals surface area contributed by atoms with E-state index in [4.69, 9.17) is 4.74 Å². The molecule has 0 radical (unpaired) electrons. The van der Waals surface area contributed by atoms with Crippen LogP contribution >= 0.6 is 0 Å². The predicted molar refractivity (Wildman–Crippen MR) is 109 cm³/mol. The topological polar surface area (TPSA) is 51.2 Å². The van der Waals surface area contributed by atoms with Crippen LogP contribution in [0.15, 0.2) is 60.8 Å². The summed E-state index contributed by atoms with van der Waals surface area (Å²) in [4.78, 5) is 17.5. The number of hydrogen-bond acceptors (Lipinski definition) is 4. The molecule has 1 aromatic heterocycles. The number of nitrogens with one attached hydrogen (secondary N) is 1. The number of anilines is 1. The van der Waals surface area contributed by atoms with Gasteiger partial charge in [0.05, 0.1) is 12.2 Å². The minimum Gasteiger partial charge on any atom is -0.494 e. The van der Waals surface area contributed by atoms with E-state index < -0.39 is 0 Å². The zero-order valence-electron chi connectivity index (χ0n) is 16.0. The van der Waals surface area contributed by atoms with Gasteiger partial charge in [0.2, 0.25) is 0 Å². The number of nitrogens with zero attached hydrogens (tertiary/aromatic N) is 1. The standard InChI is InChI=1S/C23H23FN2O2/c1-3-13-25-23-21(22(27)17-5-9-19(24)10-6-17)14-18(15-26-23)16-7-11-20(12-8-16)28-4-2/h5-12,14-15H,3-4,13H2,1-2H3,(H,25,26). The summed E-state index contributed by atoms with van der Waals surface area (Å²) in [5.74, 6) is 0.759. The van der Waals surface area contributed by atoms with E-state index in [9.17, 15) is 9.18 Å². The summed E-state index contributed by atoms with van der Waals surface area (Å²) in [6.45, 7) is 5.30. The van der Waals surface area contributed by atoms with Crippen molar-refractivity contribution in [3.05, 3.63) is 77.7 Å². The summed E-state index contributed by atoms with van der Waals surface area (Å²) in [7, 11) is 0. The van der Waals surface area contributed by atoms with E-state index in [0.29, 0.717) is 30.1 Å². The van der Waals surface area contributed by atoms with Crippen molar-refractivity contribution in [3.63, 3.8) is 0 Å². The lowest BCUT2D eigenvalue weighted by Gasteiger charge is -2.12. The number of pyridine rings is 1. The van der Waals surface area contributed by atoms with Gasteiger partial charge in [-0.05, 0) is 61.4 Å². The Bertz CT molecular complexity index is 938. The van der Waals surface area contributed by atoms with Gasteiger partial charge in [0.15, 0.2) is 5.78 Å². The van der Waals surface area contributed by atoms with Crippen LogP contribution in [-0.4, -0.2) is 23.9 Å². The van der Waals surface area contributed by atoms with Crippen LogP contribution in [0.3, 0.4) is 0 Å². The van der Waals surface area contributed by atoms with Gasteiger partial charge in [-0.15, -0.1) is 0 Å². The van der Waals surface area contributed by atoms with E-state index in [1.807, 2.05) is 44.2 Å². The molecule has 0 saturated heterocycles. The predicted octanol–water partition coefficient (Wildman–Crippen LogP) is 5.34. The Morgan fingerprint density at radius 1 is 1.04 bits per heavy atom. The number of benzene rings is 2. The molecule has 0 aliphatic rings. The molecule has 5 heteroatoms. The zero-order valence-corrected chi connectivity index (χ0v) is 16.0. The minimum absolute atomic E-state index is 0.195. The molecule has 0 bridgehead atoms. The van der Waals surface area contributed by atoms with Crippen LogP contribution in [-0.2, 0) is 0 Å². The second-order valence-corrected chi connectivity index (χ2v) is 6.34. The van der Waals surface area contributed by atoms with E-state index >= 15 is 0 Å². The summed E-state index contributed by atoms with van der Waals surface area (Å²) in [5.41, 5.74) is 2.65. The lowest BCUT2D eigenvalue weighted by molar-refractivity contribution is 0.103. The summed E-state index contributed by atoms with van der Waals surface area (Å²) in [6, 6.07) is 15.0. The van der Waals surface area contributed by atoms with Crippen LogP contribution in [0.2, 0.25) is 0 Å². The Labute approximate surface area is 164 Å². The Balaban J connectivity index is 1.98. The van der Waals surface area contributed by atoms with E-state index in [-0.39, 0.29) is 11.6 Å². The molecule has 0 spiro atoms. The molecule has 0 amide bonds. The first-order valence-electron chi connectivity index (χ1n) is 9.39. The maximum Gasteiger partial charge on any atom is 0.196 e. The molecule has 0 saturated carbocycles. The van der Waals surface area contributed by atoms with E-state index in [1.54, 1.807) is 6.20 Å². The zero-order chi connectivity index (χ0) is 19.9. The molecule has 0 aliphatic heterocycles. The van der Waals surface area contributed by atoms with Crippen LogP contribution in [0.25, 0.3) is 11.1 Å².